The van der Waals surface area contributed by atoms with E-state index in [0.29, 0.717) is 13.0 Å². The molecule has 2 saturated heterocycles. The molecule has 14 heteroatoms. The first kappa shape index (κ1) is 69.2. The lowest BCUT2D eigenvalue weighted by atomic mass is 9.98. The summed E-state index contributed by atoms with van der Waals surface area (Å²) in [5, 5.41) is 72.4. The number of carbonyl (C=O) groups is 1. The van der Waals surface area contributed by atoms with Gasteiger partial charge in [0.1, 0.15) is 54.9 Å². The quantitative estimate of drug-likeness (QED) is 0.0172. The van der Waals surface area contributed by atoms with E-state index in [0.717, 1.165) is 128 Å². The summed E-state index contributed by atoms with van der Waals surface area (Å²) in [6.07, 6.45) is 52.2. The van der Waals surface area contributed by atoms with Gasteiger partial charge >= 0.3 is 5.97 Å². The predicted molar refractivity (Wildman–Crippen MR) is 307 cm³/mol. The van der Waals surface area contributed by atoms with E-state index in [1.54, 1.807) is 0 Å². The van der Waals surface area contributed by atoms with Gasteiger partial charge < -0.3 is 64.2 Å². The third kappa shape index (κ3) is 34.7. The minimum atomic E-state index is -1.73. The fourth-order valence-electron chi connectivity index (χ4n) is 8.08. The van der Waals surface area contributed by atoms with Gasteiger partial charge in [-0.25, -0.2) is 0 Å². The van der Waals surface area contributed by atoms with E-state index in [4.69, 9.17) is 28.4 Å². The van der Waals surface area contributed by atoms with Gasteiger partial charge in [0.15, 0.2) is 12.6 Å². The molecule has 436 valence electrons. The highest BCUT2D eigenvalue weighted by Gasteiger charge is 2.47. The lowest BCUT2D eigenvalue weighted by Crippen LogP contribution is -2.61. The minimum absolute atomic E-state index is 0.0232. The number of rotatable bonds is 44. The van der Waals surface area contributed by atoms with Gasteiger partial charge in [0.05, 0.1) is 26.4 Å². The topological polar surface area (TPSA) is 214 Å². The molecule has 0 aliphatic carbocycles. The summed E-state index contributed by atoms with van der Waals surface area (Å²) in [5.74, 6) is -0.416. The number of hydrogen-bond acceptors (Lipinski definition) is 14. The second kappa shape index (κ2) is 48.1. The van der Waals surface area contributed by atoms with Crippen LogP contribution in [0.1, 0.15) is 155 Å². The fraction of sp³-hybridized carbons (Fsp3) is 0.635. The Bertz CT molecular complexity index is 1780. The van der Waals surface area contributed by atoms with Gasteiger partial charge in [0, 0.05) is 13.0 Å². The molecule has 0 aromatic heterocycles. The van der Waals surface area contributed by atoms with E-state index in [2.05, 4.69) is 148 Å². The van der Waals surface area contributed by atoms with Crippen molar-refractivity contribution in [1.82, 2.24) is 0 Å². The van der Waals surface area contributed by atoms with Crippen LogP contribution in [0, 0.1) is 0 Å². The Morgan fingerprint density at radius 1 is 0.429 bits per heavy atom. The molecule has 0 saturated carbocycles. The van der Waals surface area contributed by atoms with Crippen LogP contribution in [0.2, 0.25) is 0 Å². The molecule has 11 atom stereocenters. The lowest BCUT2D eigenvalue weighted by Gasteiger charge is -2.42. The van der Waals surface area contributed by atoms with Crippen LogP contribution in [0.5, 0.6) is 0 Å². The second-order valence-electron chi connectivity index (χ2n) is 19.3. The van der Waals surface area contributed by atoms with E-state index in [1.807, 2.05) is 0 Å². The van der Waals surface area contributed by atoms with Crippen LogP contribution in [-0.4, -0.2) is 142 Å². The maximum absolute atomic E-state index is 13.1. The van der Waals surface area contributed by atoms with Gasteiger partial charge in [-0.1, -0.05) is 173 Å². The standard InChI is InChI=1S/C63H100O14/c1-3-5-7-9-11-13-15-17-19-21-23-25-26-27-28-30-32-34-36-38-40-42-44-46-55(65)75-52(49-72-47-45-43-41-39-37-35-33-31-29-24-22-20-18-16-14-12-10-8-6-4-2)50-73-62-61(71)59(69)57(67)54(77-62)51-74-63-60(70)58(68)56(66)53(48-64)76-63/h5-8,11-14,17-20,23-25,27-29,32-35,52-54,56-64,66-71H,3-4,9-10,15-16,21-22,26,30-31,36-51H2,1-2H3/b7-5-,8-6-,13-11-,14-12-,19-17-,20-18-,25-23-,28-27-,29-24-,34-32-,35-33-. The number of hydrogen-bond donors (Lipinski definition) is 7. The SMILES string of the molecule is CC/C=C\C/C=C\C/C=C\C/C=C\C/C=C\C/C=C\CCCCCCC(=O)OC(COCCCCCC/C=C\C/C=C\C/C=C\C/C=C\C/C=C\CC)COC1OC(COC2OC(CO)C(O)C(O)C2O)C(O)C(O)C1O. The molecule has 0 amide bonds. The Morgan fingerprint density at radius 2 is 0.805 bits per heavy atom. The summed E-state index contributed by atoms with van der Waals surface area (Å²) in [6, 6.07) is 0. The number of carbonyl (C=O) groups excluding carboxylic acids is 1. The molecule has 7 N–H and O–H groups in total. The Labute approximate surface area is 462 Å². The molecule has 0 aromatic carbocycles. The van der Waals surface area contributed by atoms with E-state index in [-0.39, 0.29) is 19.6 Å². The third-order valence-electron chi connectivity index (χ3n) is 12.7. The lowest BCUT2D eigenvalue weighted by molar-refractivity contribution is -0.332. The maximum Gasteiger partial charge on any atom is 0.306 e. The van der Waals surface area contributed by atoms with Crippen molar-refractivity contribution in [2.24, 2.45) is 0 Å². The van der Waals surface area contributed by atoms with Crippen LogP contribution < -0.4 is 0 Å². The van der Waals surface area contributed by atoms with Crippen LogP contribution >= 0.6 is 0 Å². The first-order valence-electron chi connectivity index (χ1n) is 28.8. The molecule has 0 radical (unpaired) electrons. The Kier molecular flexibility index (Phi) is 43.2. The van der Waals surface area contributed by atoms with Gasteiger partial charge in [0.2, 0.25) is 0 Å². The zero-order valence-electron chi connectivity index (χ0n) is 46.6. The molecule has 0 spiro atoms. The Balaban J connectivity index is 1.76. The van der Waals surface area contributed by atoms with Crippen LogP contribution in [-0.2, 0) is 33.2 Å². The molecular formula is C63H100O14. The number of aliphatic hydroxyl groups excluding tert-OH is 7. The molecule has 2 aliphatic rings. The van der Waals surface area contributed by atoms with Crippen LogP contribution in [0.15, 0.2) is 134 Å². The van der Waals surface area contributed by atoms with Crippen molar-refractivity contribution < 1.29 is 69.0 Å². The Morgan fingerprint density at radius 3 is 1.25 bits per heavy atom. The first-order chi connectivity index (χ1) is 37.6. The van der Waals surface area contributed by atoms with Gasteiger partial charge in [-0.2, -0.15) is 0 Å². The van der Waals surface area contributed by atoms with Crippen molar-refractivity contribution in [2.75, 3.05) is 33.0 Å². The van der Waals surface area contributed by atoms with Crippen molar-refractivity contribution in [2.45, 2.75) is 223 Å². The number of allylic oxidation sites excluding steroid dienone is 22. The second-order valence-corrected chi connectivity index (χ2v) is 19.3. The van der Waals surface area contributed by atoms with E-state index in [1.165, 1.54) is 0 Å². The highest BCUT2D eigenvalue weighted by Crippen LogP contribution is 2.26. The van der Waals surface area contributed by atoms with Crippen molar-refractivity contribution in [3.8, 4) is 0 Å². The fourth-order valence-corrected chi connectivity index (χ4v) is 8.08. The van der Waals surface area contributed by atoms with Gasteiger partial charge in [-0.05, 0) is 109 Å². The van der Waals surface area contributed by atoms with Crippen LogP contribution in [0.3, 0.4) is 0 Å². The van der Waals surface area contributed by atoms with Crippen molar-refractivity contribution in [3.63, 3.8) is 0 Å². The van der Waals surface area contributed by atoms with Gasteiger partial charge in [0.25, 0.3) is 0 Å². The summed E-state index contributed by atoms with van der Waals surface area (Å²) >= 11 is 0. The zero-order valence-corrected chi connectivity index (χ0v) is 46.6. The molecule has 2 aliphatic heterocycles. The van der Waals surface area contributed by atoms with Crippen LogP contribution in [0.25, 0.3) is 0 Å². The summed E-state index contributed by atoms with van der Waals surface area (Å²) < 4.78 is 34.3. The van der Waals surface area contributed by atoms with Crippen molar-refractivity contribution in [1.29, 1.82) is 0 Å². The Hall–Kier alpha value is -3.87. The molecule has 2 heterocycles. The largest absolute Gasteiger partial charge is 0.457 e. The number of aliphatic hydroxyl groups is 7. The number of ether oxygens (including phenoxy) is 6. The predicted octanol–water partition coefficient (Wildman–Crippen LogP) is 10.3. The summed E-state index contributed by atoms with van der Waals surface area (Å²) in [4.78, 5) is 13.1. The highest BCUT2D eigenvalue weighted by atomic mass is 16.7. The average Bonchev–Trinajstić information content (AvgIpc) is 3.43. The van der Waals surface area contributed by atoms with Gasteiger partial charge in [-0.15, -0.1) is 0 Å². The van der Waals surface area contributed by atoms with E-state index >= 15 is 0 Å². The molecule has 0 bridgehead atoms. The molecule has 2 fully saturated rings. The molecule has 14 nitrogen and oxygen atoms in total. The number of esters is 1. The monoisotopic (exact) mass is 1080 g/mol. The molecule has 0 aromatic rings. The minimum Gasteiger partial charge on any atom is -0.457 e. The maximum atomic E-state index is 13.1. The smallest absolute Gasteiger partial charge is 0.306 e. The van der Waals surface area contributed by atoms with Crippen molar-refractivity contribution >= 4 is 5.97 Å². The molecule has 2 rings (SSSR count). The zero-order chi connectivity index (χ0) is 55.8. The normalized spacial score (nSPS) is 25.3. The van der Waals surface area contributed by atoms with Crippen molar-refractivity contribution in [3.05, 3.63) is 134 Å². The summed E-state index contributed by atoms with van der Waals surface area (Å²) in [5.41, 5.74) is 0. The third-order valence-corrected chi connectivity index (χ3v) is 12.7. The molecule has 77 heavy (non-hydrogen) atoms. The summed E-state index contributed by atoms with van der Waals surface area (Å²) in [7, 11) is 0. The molecule has 11 unspecified atom stereocenters. The average molecular weight is 1080 g/mol. The van der Waals surface area contributed by atoms with Crippen LogP contribution in [0.4, 0.5) is 0 Å². The summed E-state index contributed by atoms with van der Waals surface area (Å²) in [6.45, 7) is 3.33. The van der Waals surface area contributed by atoms with Gasteiger partial charge in [-0.3, -0.25) is 4.79 Å². The molecular weight excluding hydrogens is 981 g/mol. The highest BCUT2D eigenvalue weighted by molar-refractivity contribution is 5.69. The van der Waals surface area contributed by atoms with E-state index < -0.39 is 86.7 Å². The van der Waals surface area contributed by atoms with E-state index in [9.17, 15) is 40.5 Å². The first-order valence-corrected chi connectivity index (χ1v) is 28.8. The number of unbranched alkanes of at least 4 members (excludes halogenated alkanes) is 8.